The number of aromatic nitrogens is 2. The smallest absolute Gasteiger partial charge is 0.246 e. The average molecular weight is 612 g/mol. The molecule has 1 aromatic carbocycles. The Morgan fingerprint density at radius 1 is 1.02 bits per heavy atom. The highest BCUT2D eigenvalue weighted by Crippen LogP contribution is 2.37. The van der Waals surface area contributed by atoms with Gasteiger partial charge in [-0.15, -0.1) is 0 Å². The van der Waals surface area contributed by atoms with Crippen LogP contribution < -0.4 is 14.7 Å². The van der Waals surface area contributed by atoms with Gasteiger partial charge in [-0.05, 0) is 71.9 Å². The number of amides is 1. The van der Waals surface area contributed by atoms with Crippen LogP contribution in [-0.2, 0) is 24.1 Å². The topological polar surface area (TPSA) is 86.1 Å². The van der Waals surface area contributed by atoms with E-state index in [1.807, 2.05) is 30.0 Å². The SMILES string of the molecule is CN(C)C/C=C/C(=O)N1CCN(c2nc(N3CC[C@@H](N(C)C)C3)nc3c2CC[C@H](N2CCCc4ccccc42)C3)C[C@@H]1CC#N. The van der Waals surface area contributed by atoms with Crippen molar-refractivity contribution in [2.24, 2.45) is 0 Å². The minimum Gasteiger partial charge on any atom is -0.368 e. The van der Waals surface area contributed by atoms with Gasteiger partial charge in [0.15, 0.2) is 0 Å². The largest absolute Gasteiger partial charge is 0.368 e. The van der Waals surface area contributed by atoms with Crippen molar-refractivity contribution in [3.8, 4) is 6.07 Å². The van der Waals surface area contributed by atoms with Gasteiger partial charge in [-0.25, -0.2) is 4.98 Å². The third kappa shape index (κ3) is 6.80. The van der Waals surface area contributed by atoms with E-state index in [4.69, 9.17) is 9.97 Å². The Labute approximate surface area is 268 Å². The van der Waals surface area contributed by atoms with Crippen molar-refractivity contribution < 1.29 is 4.79 Å². The fraction of sp³-hybridized carbons (Fsp3) is 0.600. The molecule has 0 saturated carbocycles. The molecule has 1 amide bonds. The molecule has 0 N–H and O–H groups in total. The number of nitrogens with zero attached hydrogens (tertiary/aromatic N) is 9. The molecule has 10 heteroatoms. The number of carbonyl (C=O) groups is 1. The van der Waals surface area contributed by atoms with Crippen LogP contribution in [0.5, 0.6) is 0 Å². The van der Waals surface area contributed by atoms with Gasteiger partial charge in [-0.1, -0.05) is 24.3 Å². The van der Waals surface area contributed by atoms with Gasteiger partial charge in [0.05, 0.1) is 24.2 Å². The highest BCUT2D eigenvalue weighted by Gasteiger charge is 2.36. The van der Waals surface area contributed by atoms with Crippen LogP contribution in [0.4, 0.5) is 17.5 Å². The van der Waals surface area contributed by atoms with Gasteiger partial charge in [0.25, 0.3) is 0 Å². The van der Waals surface area contributed by atoms with Gasteiger partial charge >= 0.3 is 0 Å². The van der Waals surface area contributed by atoms with Crippen molar-refractivity contribution in [2.45, 2.75) is 63.1 Å². The van der Waals surface area contributed by atoms with Crippen molar-refractivity contribution >= 4 is 23.4 Å². The molecule has 3 atom stereocenters. The molecule has 2 fully saturated rings. The van der Waals surface area contributed by atoms with Crippen molar-refractivity contribution in [3.63, 3.8) is 0 Å². The van der Waals surface area contributed by atoms with E-state index in [0.717, 1.165) is 63.5 Å². The Hall–Kier alpha value is -3.68. The lowest BCUT2D eigenvalue weighted by atomic mass is 9.88. The molecule has 10 nitrogen and oxygen atoms in total. The first kappa shape index (κ1) is 31.3. The maximum atomic E-state index is 13.2. The number of fused-ring (bicyclic) bond motifs is 2. The summed E-state index contributed by atoms with van der Waals surface area (Å²) < 4.78 is 0. The van der Waals surface area contributed by atoms with Crippen LogP contribution in [-0.4, -0.2) is 123 Å². The van der Waals surface area contributed by atoms with E-state index < -0.39 is 0 Å². The van der Waals surface area contributed by atoms with E-state index in [0.29, 0.717) is 44.7 Å². The normalized spacial score (nSPS) is 23.5. The Morgan fingerprint density at radius 3 is 2.64 bits per heavy atom. The molecule has 4 aliphatic rings. The molecule has 0 radical (unpaired) electrons. The van der Waals surface area contributed by atoms with E-state index in [9.17, 15) is 10.1 Å². The number of piperazine rings is 1. The van der Waals surface area contributed by atoms with E-state index in [1.54, 1.807) is 6.08 Å². The summed E-state index contributed by atoms with van der Waals surface area (Å²) in [5.41, 5.74) is 5.27. The van der Waals surface area contributed by atoms with Crippen LogP contribution in [0.1, 0.15) is 42.5 Å². The number of nitriles is 1. The van der Waals surface area contributed by atoms with Crippen molar-refractivity contribution in [1.82, 2.24) is 24.7 Å². The maximum Gasteiger partial charge on any atom is 0.246 e. The predicted molar refractivity (Wildman–Crippen MR) is 180 cm³/mol. The molecule has 0 unspecified atom stereocenters. The minimum atomic E-state index is -0.180. The summed E-state index contributed by atoms with van der Waals surface area (Å²) in [6.07, 6.45) is 10.2. The van der Waals surface area contributed by atoms with E-state index in [1.165, 1.54) is 28.9 Å². The fourth-order valence-electron chi connectivity index (χ4n) is 7.60. The number of hydrogen-bond acceptors (Lipinski definition) is 9. The van der Waals surface area contributed by atoms with E-state index in [2.05, 4.69) is 64.0 Å². The third-order valence-electron chi connectivity index (χ3n) is 10.1. The molecule has 4 heterocycles. The number of hydrogen-bond donors (Lipinski definition) is 0. The molecule has 0 bridgehead atoms. The Bertz CT molecular complexity index is 1430. The zero-order chi connectivity index (χ0) is 31.5. The molecular weight excluding hydrogens is 562 g/mol. The molecule has 2 saturated heterocycles. The maximum absolute atomic E-state index is 13.2. The second-order valence-electron chi connectivity index (χ2n) is 13.6. The van der Waals surface area contributed by atoms with Crippen LogP contribution in [0.15, 0.2) is 36.4 Å². The quantitative estimate of drug-likeness (QED) is 0.419. The van der Waals surface area contributed by atoms with Crippen LogP contribution in [0.25, 0.3) is 0 Å². The molecule has 240 valence electrons. The number of para-hydroxylation sites is 1. The molecule has 2 aromatic rings. The summed E-state index contributed by atoms with van der Waals surface area (Å²) in [5, 5.41) is 9.72. The lowest BCUT2D eigenvalue weighted by Gasteiger charge is -2.43. The van der Waals surface area contributed by atoms with E-state index in [-0.39, 0.29) is 11.9 Å². The lowest BCUT2D eigenvalue weighted by molar-refractivity contribution is -0.128. The molecule has 1 aliphatic carbocycles. The van der Waals surface area contributed by atoms with E-state index >= 15 is 0 Å². The number of aryl methyl sites for hydroxylation is 1. The summed E-state index contributed by atoms with van der Waals surface area (Å²) in [6.45, 7) is 5.54. The number of rotatable bonds is 8. The molecule has 6 rings (SSSR count). The van der Waals surface area contributed by atoms with Crippen molar-refractivity contribution in [2.75, 3.05) is 88.7 Å². The number of likely N-dealkylation sites (N-methyl/N-ethyl adjacent to an activating group) is 2. The van der Waals surface area contributed by atoms with Crippen LogP contribution in [0.3, 0.4) is 0 Å². The minimum absolute atomic E-state index is 0.0152. The number of anilines is 3. The lowest BCUT2D eigenvalue weighted by Crippen LogP contribution is -2.55. The molecular formula is C35H49N9O. The van der Waals surface area contributed by atoms with Gasteiger partial charge in [-0.2, -0.15) is 10.2 Å². The number of carbonyl (C=O) groups excluding carboxylic acids is 1. The second kappa shape index (κ2) is 13.8. The van der Waals surface area contributed by atoms with Gasteiger partial charge in [0.2, 0.25) is 11.9 Å². The molecule has 0 spiro atoms. The van der Waals surface area contributed by atoms with Gasteiger partial charge < -0.3 is 29.4 Å². The summed E-state index contributed by atoms with van der Waals surface area (Å²) in [7, 11) is 8.28. The first-order valence-electron chi connectivity index (χ1n) is 16.7. The monoisotopic (exact) mass is 611 g/mol. The molecule has 1 aromatic heterocycles. The zero-order valence-corrected chi connectivity index (χ0v) is 27.5. The second-order valence-corrected chi connectivity index (χ2v) is 13.6. The summed E-state index contributed by atoms with van der Waals surface area (Å²) in [6, 6.07) is 12.0. The predicted octanol–water partition coefficient (Wildman–Crippen LogP) is 2.98. The van der Waals surface area contributed by atoms with Crippen LogP contribution >= 0.6 is 0 Å². The standard InChI is InChI=1S/C35H49N9O/c1-39(2)18-8-12-33(45)44-22-21-41(25-29(44)15-17-36)34-30-14-13-27(43-19-7-10-26-9-5-6-11-32(26)43)23-31(30)37-35(38-34)42-20-16-28(24-42)40(3)4/h5-6,8-9,11-12,27-29H,7,10,13-16,18-25H2,1-4H3/b12-8+/t27-,28+,29-/m0/s1. The Kier molecular flexibility index (Phi) is 9.57. The fourth-order valence-corrected chi connectivity index (χ4v) is 7.60. The number of benzene rings is 1. The zero-order valence-electron chi connectivity index (χ0n) is 27.5. The van der Waals surface area contributed by atoms with Crippen LogP contribution in [0, 0.1) is 11.3 Å². The summed E-state index contributed by atoms with van der Waals surface area (Å²) in [4.78, 5) is 37.3. The highest BCUT2D eigenvalue weighted by molar-refractivity contribution is 5.88. The average Bonchev–Trinajstić information content (AvgIpc) is 3.55. The van der Waals surface area contributed by atoms with Crippen molar-refractivity contribution in [3.05, 3.63) is 53.2 Å². The Balaban J connectivity index is 1.29. The first-order chi connectivity index (χ1) is 21.8. The van der Waals surface area contributed by atoms with Gasteiger partial charge in [0.1, 0.15) is 5.82 Å². The van der Waals surface area contributed by atoms with Crippen molar-refractivity contribution in [1.29, 1.82) is 5.26 Å². The van der Waals surface area contributed by atoms with Crippen LogP contribution in [0.2, 0.25) is 0 Å². The molecule has 3 aliphatic heterocycles. The van der Waals surface area contributed by atoms with Gasteiger partial charge in [-0.3, -0.25) is 4.79 Å². The third-order valence-corrected chi connectivity index (χ3v) is 10.1. The molecule has 45 heavy (non-hydrogen) atoms. The first-order valence-corrected chi connectivity index (χ1v) is 16.7. The summed E-state index contributed by atoms with van der Waals surface area (Å²) >= 11 is 0. The highest BCUT2D eigenvalue weighted by atomic mass is 16.2. The van der Waals surface area contributed by atoms with Gasteiger partial charge in [0, 0.05) is 81.6 Å². The Morgan fingerprint density at radius 2 is 1.87 bits per heavy atom. The summed E-state index contributed by atoms with van der Waals surface area (Å²) in [5.74, 6) is 1.83.